The summed E-state index contributed by atoms with van der Waals surface area (Å²) in [5.74, 6) is -1.01. The Morgan fingerprint density at radius 3 is 3.08 bits per heavy atom. The number of nitrogens with one attached hydrogen (secondary N) is 1. The highest BCUT2D eigenvalue weighted by Gasteiger charge is 2.17. The van der Waals surface area contributed by atoms with Crippen LogP contribution in [0.2, 0.25) is 0 Å². The van der Waals surface area contributed by atoms with Gasteiger partial charge in [-0.25, -0.2) is 0 Å². The number of hydrogen-bond acceptors (Lipinski definition) is 4. The molecule has 0 aromatic carbocycles. The molecule has 68 valence electrons. The van der Waals surface area contributed by atoms with Crippen LogP contribution < -0.4 is 11.1 Å². The van der Waals surface area contributed by atoms with E-state index in [0.29, 0.717) is 11.8 Å². The van der Waals surface area contributed by atoms with Crippen LogP contribution in [-0.2, 0) is 4.79 Å². The number of carboxylic acids is 1. The van der Waals surface area contributed by atoms with Crippen LogP contribution in [0.3, 0.4) is 0 Å². The van der Waals surface area contributed by atoms with E-state index < -0.39 is 12.0 Å². The SMILES string of the molecule is NC(CN1C=C(Cl)NC1)C(=O)O. The molecule has 1 unspecified atom stereocenters. The van der Waals surface area contributed by atoms with Crippen LogP contribution in [0.25, 0.3) is 0 Å². The number of nitrogens with two attached hydrogens (primary N) is 1. The number of aliphatic carboxylic acids is 1. The van der Waals surface area contributed by atoms with Gasteiger partial charge in [-0.2, -0.15) is 0 Å². The van der Waals surface area contributed by atoms with E-state index in [2.05, 4.69) is 5.32 Å². The third kappa shape index (κ3) is 2.28. The van der Waals surface area contributed by atoms with Crippen molar-refractivity contribution < 1.29 is 9.90 Å². The van der Waals surface area contributed by atoms with Gasteiger partial charge in [0.15, 0.2) is 0 Å². The minimum Gasteiger partial charge on any atom is -0.480 e. The van der Waals surface area contributed by atoms with Crippen LogP contribution in [0.4, 0.5) is 0 Å². The van der Waals surface area contributed by atoms with Crippen molar-refractivity contribution in [1.29, 1.82) is 0 Å². The smallest absolute Gasteiger partial charge is 0.322 e. The van der Waals surface area contributed by atoms with Crippen molar-refractivity contribution >= 4 is 17.6 Å². The number of rotatable bonds is 3. The lowest BCUT2D eigenvalue weighted by atomic mass is 10.3. The van der Waals surface area contributed by atoms with Gasteiger partial charge in [-0.15, -0.1) is 0 Å². The summed E-state index contributed by atoms with van der Waals surface area (Å²) in [7, 11) is 0. The van der Waals surface area contributed by atoms with E-state index in [0.717, 1.165) is 0 Å². The number of halogens is 1. The molecular formula is C6H10ClN3O2. The summed E-state index contributed by atoms with van der Waals surface area (Å²) >= 11 is 5.59. The molecule has 0 radical (unpaired) electrons. The van der Waals surface area contributed by atoms with E-state index in [1.54, 1.807) is 11.1 Å². The van der Waals surface area contributed by atoms with Crippen LogP contribution in [0.5, 0.6) is 0 Å². The topological polar surface area (TPSA) is 78.6 Å². The second-order valence-electron chi connectivity index (χ2n) is 2.53. The molecule has 1 rings (SSSR count). The lowest BCUT2D eigenvalue weighted by Crippen LogP contribution is -2.41. The summed E-state index contributed by atoms with van der Waals surface area (Å²) in [6.07, 6.45) is 1.63. The Bertz CT molecular complexity index is 219. The van der Waals surface area contributed by atoms with Crippen molar-refractivity contribution in [2.24, 2.45) is 5.73 Å². The molecule has 0 aromatic heterocycles. The summed E-state index contributed by atoms with van der Waals surface area (Å²) in [6, 6.07) is -0.870. The molecule has 1 atom stereocenters. The summed E-state index contributed by atoms with van der Waals surface area (Å²) < 4.78 is 0. The first-order valence-corrected chi connectivity index (χ1v) is 3.81. The summed E-state index contributed by atoms with van der Waals surface area (Å²) in [5, 5.41) is 11.8. The Morgan fingerprint density at radius 2 is 2.67 bits per heavy atom. The first-order chi connectivity index (χ1) is 5.59. The Balaban J connectivity index is 2.37. The van der Waals surface area contributed by atoms with Crippen LogP contribution in [0, 0.1) is 0 Å². The van der Waals surface area contributed by atoms with E-state index in [4.69, 9.17) is 22.4 Å². The standard InChI is InChI=1S/C6H10ClN3O2/c7-5-2-10(3-9-5)1-4(8)6(11)12/h2,4,9H,1,3,8H2,(H,11,12). The number of carboxylic acid groups (broad SMARTS) is 1. The quantitative estimate of drug-likeness (QED) is 0.514. The lowest BCUT2D eigenvalue weighted by molar-refractivity contribution is -0.138. The molecule has 0 fully saturated rings. The fraction of sp³-hybridized carbons (Fsp3) is 0.500. The molecule has 0 aliphatic carbocycles. The molecule has 1 aliphatic rings. The molecule has 4 N–H and O–H groups in total. The van der Waals surface area contributed by atoms with Crippen LogP contribution in [0.15, 0.2) is 11.4 Å². The Morgan fingerprint density at radius 1 is 2.00 bits per heavy atom. The summed E-state index contributed by atoms with van der Waals surface area (Å²) in [6.45, 7) is 0.776. The molecule has 0 saturated heterocycles. The van der Waals surface area contributed by atoms with Gasteiger partial charge in [0, 0.05) is 12.7 Å². The van der Waals surface area contributed by atoms with E-state index in [9.17, 15) is 4.79 Å². The Hall–Kier alpha value is -0.940. The minimum atomic E-state index is -1.01. The van der Waals surface area contributed by atoms with Gasteiger partial charge >= 0.3 is 5.97 Å². The van der Waals surface area contributed by atoms with Crippen molar-refractivity contribution in [1.82, 2.24) is 10.2 Å². The third-order valence-corrected chi connectivity index (χ3v) is 1.73. The third-order valence-electron chi connectivity index (χ3n) is 1.50. The van der Waals surface area contributed by atoms with Gasteiger partial charge in [0.1, 0.15) is 11.2 Å². The highest BCUT2D eigenvalue weighted by molar-refractivity contribution is 6.29. The highest BCUT2D eigenvalue weighted by atomic mass is 35.5. The lowest BCUT2D eigenvalue weighted by Gasteiger charge is -2.16. The molecule has 0 aromatic rings. The maximum Gasteiger partial charge on any atom is 0.322 e. The van der Waals surface area contributed by atoms with Crippen molar-refractivity contribution in [3.63, 3.8) is 0 Å². The van der Waals surface area contributed by atoms with Gasteiger partial charge < -0.3 is 21.1 Å². The van der Waals surface area contributed by atoms with Gasteiger partial charge in [-0.05, 0) is 0 Å². The zero-order valence-corrected chi connectivity index (χ0v) is 7.08. The number of hydrogen-bond donors (Lipinski definition) is 3. The van der Waals surface area contributed by atoms with Crippen molar-refractivity contribution in [2.45, 2.75) is 6.04 Å². The molecule has 0 amide bonds. The number of nitrogens with zero attached hydrogens (tertiary/aromatic N) is 1. The fourth-order valence-electron chi connectivity index (χ4n) is 0.877. The maximum atomic E-state index is 10.3. The van der Waals surface area contributed by atoms with Crippen LogP contribution in [0.1, 0.15) is 0 Å². The molecular weight excluding hydrogens is 182 g/mol. The predicted octanol–water partition coefficient (Wildman–Crippen LogP) is -0.701. The maximum absolute atomic E-state index is 10.3. The second kappa shape index (κ2) is 3.64. The molecule has 5 nitrogen and oxygen atoms in total. The monoisotopic (exact) mass is 191 g/mol. The zero-order valence-electron chi connectivity index (χ0n) is 6.33. The van der Waals surface area contributed by atoms with Gasteiger partial charge in [0.05, 0.1) is 6.67 Å². The molecule has 0 spiro atoms. The number of carbonyl (C=O) groups is 1. The van der Waals surface area contributed by atoms with E-state index in [-0.39, 0.29) is 6.54 Å². The zero-order chi connectivity index (χ0) is 9.14. The van der Waals surface area contributed by atoms with Crippen molar-refractivity contribution in [3.8, 4) is 0 Å². The van der Waals surface area contributed by atoms with Gasteiger partial charge in [-0.1, -0.05) is 11.6 Å². The first kappa shape index (κ1) is 9.15. The van der Waals surface area contributed by atoms with Gasteiger partial charge in [-0.3, -0.25) is 4.79 Å². The largest absolute Gasteiger partial charge is 0.480 e. The van der Waals surface area contributed by atoms with Crippen LogP contribution in [-0.4, -0.2) is 35.2 Å². The Kier molecular flexibility index (Phi) is 2.78. The van der Waals surface area contributed by atoms with Crippen LogP contribution >= 0.6 is 11.6 Å². The van der Waals surface area contributed by atoms with E-state index >= 15 is 0 Å². The van der Waals surface area contributed by atoms with Crippen molar-refractivity contribution in [2.75, 3.05) is 13.2 Å². The molecule has 12 heavy (non-hydrogen) atoms. The fourth-order valence-corrected chi connectivity index (χ4v) is 1.07. The molecule has 1 heterocycles. The average Bonchev–Trinajstić information content (AvgIpc) is 2.35. The van der Waals surface area contributed by atoms with E-state index in [1.165, 1.54) is 0 Å². The molecule has 6 heteroatoms. The average molecular weight is 192 g/mol. The van der Waals surface area contributed by atoms with E-state index in [1.807, 2.05) is 0 Å². The van der Waals surface area contributed by atoms with Gasteiger partial charge in [0.25, 0.3) is 0 Å². The highest BCUT2D eigenvalue weighted by Crippen LogP contribution is 2.06. The summed E-state index contributed by atoms with van der Waals surface area (Å²) in [4.78, 5) is 12.1. The van der Waals surface area contributed by atoms with Crippen molar-refractivity contribution in [3.05, 3.63) is 11.4 Å². The van der Waals surface area contributed by atoms with Gasteiger partial charge in [0.2, 0.25) is 0 Å². The normalized spacial score (nSPS) is 18.5. The molecule has 0 bridgehead atoms. The molecule has 1 aliphatic heterocycles. The first-order valence-electron chi connectivity index (χ1n) is 3.43. The predicted molar refractivity (Wildman–Crippen MR) is 44.3 cm³/mol. The second-order valence-corrected chi connectivity index (χ2v) is 2.94. The minimum absolute atomic E-state index is 0.262. The Labute approximate surface area is 74.8 Å². The summed E-state index contributed by atoms with van der Waals surface area (Å²) in [5.41, 5.74) is 5.30. The molecule has 0 saturated carbocycles.